The molecule has 0 N–H and O–H groups in total. The molecule has 3 atom stereocenters. The predicted octanol–water partition coefficient (Wildman–Crippen LogP) is 5.48. The highest BCUT2D eigenvalue weighted by molar-refractivity contribution is 5.74. The van der Waals surface area contributed by atoms with Gasteiger partial charge in [0, 0.05) is 11.8 Å². The fourth-order valence-corrected chi connectivity index (χ4v) is 4.77. The molecule has 0 aliphatic heterocycles. The summed E-state index contributed by atoms with van der Waals surface area (Å²) in [5.41, 5.74) is 8.65. The van der Waals surface area contributed by atoms with E-state index >= 15 is 0 Å². The van der Waals surface area contributed by atoms with Crippen molar-refractivity contribution in [1.29, 1.82) is 0 Å². The summed E-state index contributed by atoms with van der Waals surface area (Å²) < 4.78 is 0. The summed E-state index contributed by atoms with van der Waals surface area (Å²) in [5, 5.41) is 0. The smallest absolute Gasteiger partial charge is 0.0118 e. The van der Waals surface area contributed by atoms with E-state index in [4.69, 9.17) is 0 Å². The number of hydrogen-bond donors (Lipinski definition) is 0. The molecule has 1 fully saturated rings. The SMILES string of the molecule is C=C1c2cc(C)ccc2CC2C=C3CCCCC3C(=C)C12. The Morgan fingerprint density at radius 1 is 1.14 bits per heavy atom. The molecule has 3 aliphatic rings. The lowest BCUT2D eigenvalue weighted by molar-refractivity contribution is 0.397. The zero-order chi connectivity index (χ0) is 14.6. The van der Waals surface area contributed by atoms with Crippen LogP contribution >= 0.6 is 0 Å². The van der Waals surface area contributed by atoms with Crippen LogP contribution in [-0.4, -0.2) is 0 Å². The van der Waals surface area contributed by atoms with Crippen LogP contribution in [0.25, 0.3) is 5.57 Å². The van der Waals surface area contributed by atoms with E-state index in [2.05, 4.69) is 44.4 Å². The molecule has 1 saturated carbocycles. The van der Waals surface area contributed by atoms with E-state index in [0.29, 0.717) is 17.8 Å². The number of benzene rings is 1. The first-order valence-corrected chi connectivity index (χ1v) is 8.33. The van der Waals surface area contributed by atoms with Gasteiger partial charge in [-0.3, -0.25) is 0 Å². The van der Waals surface area contributed by atoms with Crippen LogP contribution in [0.4, 0.5) is 0 Å². The maximum absolute atomic E-state index is 4.53. The van der Waals surface area contributed by atoms with Crippen molar-refractivity contribution in [1.82, 2.24) is 0 Å². The summed E-state index contributed by atoms with van der Waals surface area (Å²) in [6.45, 7) is 11.2. The average Bonchev–Trinajstić information content (AvgIpc) is 2.48. The summed E-state index contributed by atoms with van der Waals surface area (Å²) in [7, 11) is 0. The van der Waals surface area contributed by atoms with E-state index in [1.807, 2.05) is 0 Å². The lowest BCUT2D eigenvalue weighted by atomic mass is 9.60. The van der Waals surface area contributed by atoms with Crippen molar-refractivity contribution in [2.75, 3.05) is 0 Å². The fourth-order valence-electron chi connectivity index (χ4n) is 4.77. The molecule has 0 radical (unpaired) electrons. The molecule has 0 spiro atoms. The minimum atomic E-state index is 0.478. The maximum atomic E-state index is 4.53. The third-order valence-electron chi connectivity index (χ3n) is 5.80. The van der Waals surface area contributed by atoms with Gasteiger partial charge in [-0.2, -0.15) is 0 Å². The van der Waals surface area contributed by atoms with Crippen LogP contribution in [0.5, 0.6) is 0 Å². The van der Waals surface area contributed by atoms with Crippen LogP contribution in [0.2, 0.25) is 0 Å². The molecule has 0 bridgehead atoms. The lowest BCUT2D eigenvalue weighted by Crippen LogP contribution is -2.33. The molecule has 1 aromatic carbocycles. The second-order valence-corrected chi connectivity index (χ2v) is 7.15. The van der Waals surface area contributed by atoms with Crippen LogP contribution in [0, 0.1) is 24.7 Å². The van der Waals surface area contributed by atoms with Gasteiger partial charge in [-0.15, -0.1) is 0 Å². The van der Waals surface area contributed by atoms with E-state index in [1.165, 1.54) is 53.5 Å². The van der Waals surface area contributed by atoms with Gasteiger partial charge in [-0.1, -0.05) is 60.6 Å². The highest BCUT2D eigenvalue weighted by Gasteiger charge is 2.39. The highest BCUT2D eigenvalue weighted by Crippen LogP contribution is 2.51. The fraction of sp³-hybridized carbons (Fsp3) is 0.429. The summed E-state index contributed by atoms with van der Waals surface area (Å²) in [4.78, 5) is 0. The Bertz CT molecular complexity index is 659. The molecule has 108 valence electrons. The molecule has 1 aromatic rings. The Labute approximate surface area is 128 Å². The molecular weight excluding hydrogens is 252 g/mol. The molecule has 21 heavy (non-hydrogen) atoms. The van der Waals surface area contributed by atoms with Gasteiger partial charge < -0.3 is 0 Å². The number of allylic oxidation sites excluding steroid dienone is 4. The molecule has 0 nitrogen and oxygen atoms in total. The van der Waals surface area contributed by atoms with Crippen molar-refractivity contribution < 1.29 is 0 Å². The topological polar surface area (TPSA) is 0 Å². The molecule has 3 unspecified atom stereocenters. The zero-order valence-corrected chi connectivity index (χ0v) is 13.0. The third kappa shape index (κ3) is 1.96. The van der Waals surface area contributed by atoms with E-state index in [-0.39, 0.29) is 0 Å². The molecular formula is C21H24. The number of fused-ring (bicyclic) bond motifs is 3. The Hall–Kier alpha value is -1.56. The second-order valence-electron chi connectivity index (χ2n) is 7.15. The van der Waals surface area contributed by atoms with Crippen molar-refractivity contribution in [3.05, 3.63) is 65.3 Å². The van der Waals surface area contributed by atoms with Gasteiger partial charge in [0.1, 0.15) is 0 Å². The van der Waals surface area contributed by atoms with E-state index in [0.717, 1.165) is 6.42 Å². The largest absolute Gasteiger partial charge is 0.0986 e. The normalized spacial score (nSPS) is 31.1. The van der Waals surface area contributed by atoms with Crippen LogP contribution in [-0.2, 0) is 6.42 Å². The predicted molar refractivity (Wildman–Crippen MR) is 90.1 cm³/mol. The van der Waals surface area contributed by atoms with Crippen molar-refractivity contribution in [2.24, 2.45) is 17.8 Å². The first-order valence-electron chi connectivity index (χ1n) is 8.33. The molecule has 0 aromatic heterocycles. The van der Waals surface area contributed by atoms with Crippen LogP contribution in [0.1, 0.15) is 42.4 Å². The number of aryl methyl sites for hydroxylation is 1. The highest BCUT2D eigenvalue weighted by atomic mass is 14.4. The first-order chi connectivity index (χ1) is 10.1. The molecule has 0 amide bonds. The first kappa shape index (κ1) is 13.1. The van der Waals surface area contributed by atoms with Crippen molar-refractivity contribution >= 4 is 5.57 Å². The third-order valence-corrected chi connectivity index (χ3v) is 5.80. The van der Waals surface area contributed by atoms with Crippen molar-refractivity contribution in [3.8, 4) is 0 Å². The summed E-state index contributed by atoms with van der Waals surface area (Å²) in [6, 6.07) is 6.86. The molecule has 4 rings (SSSR count). The minimum Gasteiger partial charge on any atom is -0.0986 e. The monoisotopic (exact) mass is 276 g/mol. The van der Waals surface area contributed by atoms with Crippen molar-refractivity contribution in [2.45, 2.75) is 39.0 Å². The summed E-state index contributed by atoms with van der Waals surface area (Å²) in [5.74, 6) is 1.72. The minimum absolute atomic E-state index is 0.478. The molecule has 0 heteroatoms. The Morgan fingerprint density at radius 3 is 2.86 bits per heavy atom. The summed E-state index contributed by atoms with van der Waals surface area (Å²) in [6.07, 6.45) is 9.08. The van der Waals surface area contributed by atoms with Gasteiger partial charge in [-0.05, 0) is 55.2 Å². The van der Waals surface area contributed by atoms with E-state index in [9.17, 15) is 0 Å². The standard InChI is InChI=1S/C21H24/c1-13-8-9-17-12-18-11-16-6-4-5-7-19(16)14(2)21(18)15(3)20(17)10-13/h8-11,18-19,21H,2-7,12H2,1H3. The Balaban J connectivity index is 1.80. The number of rotatable bonds is 0. The second kappa shape index (κ2) is 4.73. The zero-order valence-electron chi connectivity index (χ0n) is 13.0. The quantitative estimate of drug-likeness (QED) is 0.550. The Morgan fingerprint density at radius 2 is 2.00 bits per heavy atom. The molecule has 3 aliphatic carbocycles. The summed E-state index contributed by atoms with van der Waals surface area (Å²) >= 11 is 0. The van der Waals surface area contributed by atoms with Gasteiger partial charge in [0.05, 0.1) is 0 Å². The van der Waals surface area contributed by atoms with E-state index in [1.54, 1.807) is 5.57 Å². The lowest BCUT2D eigenvalue weighted by Gasteiger charge is -2.44. The van der Waals surface area contributed by atoms with Gasteiger partial charge in [0.25, 0.3) is 0 Å². The van der Waals surface area contributed by atoms with Crippen LogP contribution in [0.15, 0.2) is 48.6 Å². The number of hydrogen-bond acceptors (Lipinski definition) is 0. The van der Waals surface area contributed by atoms with Gasteiger partial charge in [-0.25, -0.2) is 0 Å². The van der Waals surface area contributed by atoms with Gasteiger partial charge in [0.15, 0.2) is 0 Å². The maximum Gasteiger partial charge on any atom is 0.0118 e. The molecule has 0 saturated heterocycles. The average molecular weight is 276 g/mol. The van der Waals surface area contributed by atoms with Gasteiger partial charge in [0.2, 0.25) is 0 Å². The van der Waals surface area contributed by atoms with Crippen LogP contribution in [0.3, 0.4) is 0 Å². The van der Waals surface area contributed by atoms with Crippen LogP contribution < -0.4 is 0 Å². The van der Waals surface area contributed by atoms with Crippen molar-refractivity contribution in [3.63, 3.8) is 0 Å². The van der Waals surface area contributed by atoms with Gasteiger partial charge >= 0.3 is 0 Å². The van der Waals surface area contributed by atoms with E-state index < -0.39 is 0 Å². The molecule has 0 heterocycles. The Kier molecular flexibility index (Phi) is 2.96.